The first-order chi connectivity index (χ1) is 13.7. The number of aromatic nitrogens is 2. The second-order valence-corrected chi connectivity index (χ2v) is 8.60. The number of carbonyl (C=O) groups excluding carboxylic acids is 1. The summed E-state index contributed by atoms with van der Waals surface area (Å²) >= 11 is 1.35. The van der Waals surface area contributed by atoms with Gasteiger partial charge in [0.25, 0.3) is 6.47 Å². The molecule has 1 saturated heterocycles. The van der Waals surface area contributed by atoms with Gasteiger partial charge >= 0.3 is 0 Å². The van der Waals surface area contributed by atoms with Crippen molar-refractivity contribution in [2.24, 2.45) is 16.8 Å². The Bertz CT molecular complexity index is 613. The van der Waals surface area contributed by atoms with Crippen molar-refractivity contribution in [3.8, 4) is 12.5 Å². The van der Waals surface area contributed by atoms with Gasteiger partial charge in [0.15, 0.2) is 0 Å². The van der Waals surface area contributed by atoms with Crippen LogP contribution in [0.4, 0.5) is 0 Å². The number of carbonyl (C=O) groups is 1. The lowest BCUT2D eigenvalue weighted by Crippen LogP contribution is -2.23. The van der Waals surface area contributed by atoms with Crippen molar-refractivity contribution in [2.45, 2.75) is 66.0 Å². The summed E-state index contributed by atoms with van der Waals surface area (Å²) < 4.78 is 8.06. The van der Waals surface area contributed by atoms with E-state index in [0.29, 0.717) is 18.4 Å². The van der Waals surface area contributed by atoms with Crippen molar-refractivity contribution >= 4 is 23.7 Å². The van der Waals surface area contributed by atoms with Crippen molar-refractivity contribution < 1.29 is 9.53 Å². The zero-order chi connectivity index (χ0) is 22.1. The Kier molecular flexibility index (Phi) is 14.4. The molecule has 0 aromatic carbocycles. The highest BCUT2D eigenvalue weighted by atomic mass is 32.1. The number of ether oxygens (including phenoxy) is 1. The molecule has 0 amide bonds. The highest BCUT2D eigenvalue weighted by Crippen LogP contribution is 2.20. The molecule has 162 valence electrons. The van der Waals surface area contributed by atoms with E-state index in [2.05, 4.69) is 56.8 Å². The Balaban J connectivity index is 0.000000531. The van der Waals surface area contributed by atoms with Crippen molar-refractivity contribution in [1.82, 2.24) is 20.2 Å². The summed E-state index contributed by atoms with van der Waals surface area (Å²) in [6.45, 7) is 13.6. The molecule has 1 aromatic rings. The third kappa shape index (κ3) is 16.4. The molecule has 1 aliphatic heterocycles. The third-order valence-electron chi connectivity index (χ3n) is 3.77. The maximum Gasteiger partial charge on any atom is 0.293 e. The molecular formula is C21H35N5O2S. The highest BCUT2D eigenvalue weighted by molar-refractivity contribution is 7.03. The quantitative estimate of drug-likeness (QED) is 0.316. The lowest BCUT2D eigenvalue weighted by atomic mass is 9.96. The molecule has 2 rings (SSSR count). The molecule has 2 atom stereocenters. The summed E-state index contributed by atoms with van der Waals surface area (Å²) in [5.74, 6) is 1.32. The number of terminal acetylenes is 1. The summed E-state index contributed by atoms with van der Waals surface area (Å²) in [6.07, 6.45) is 12.6. The van der Waals surface area contributed by atoms with Crippen LogP contribution in [0.2, 0.25) is 0 Å². The van der Waals surface area contributed by atoms with Gasteiger partial charge in [-0.25, -0.2) is 0 Å². The molecule has 2 heterocycles. The van der Waals surface area contributed by atoms with E-state index in [1.54, 1.807) is 18.6 Å². The Labute approximate surface area is 179 Å². The summed E-state index contributed by atoms with van der Waals surface area (Å²) in [5.41, 5.74) is 0.862. The maximum atomic E-state index is 9.60. The topological polar surface area (TPSA) is 88.5 Å². The Morgan fingerprint density at radius 3 is 2.66 bits per heavy atom. The lowest BCUT2D eigenvalue weighted by Gasteiger charge is -2.14. The second kappa shape index (κ2) is 15.7. The fourth-order valence-electron chi connectivity index (χ4n) is 2.51. The van der Waals surface area contributed by atoms with Gasteiger partial charge in [-0.05, 0) is 58.0 Å². The van der Waals surface area contributed by atoms with Crippen LogP contribution < -0.4 is 10.6 Å². The van der Waals surface area contributed by atoms with Crippen LogP contribution in [0.3, 0.4) is 0 Å². The number of nitrogens with zero attached hydrogens (tertiary/aromatic N) is 3. The van der Waals surface area contributed by atoms with Crippen LogP contribution in [0.25, 0.3) is 0 Å². The minimum absolute atomic E-state index is 0.318. The molecule has 0 spiro atoms. The molecule has 2 N–H and O–H groups in total. The van der Waals surface area contributed by atoms with Gasteiger partial charge in [0.05, 0.1) is 6.20 Å². The third-order valence-corrected chi connectivity index (χ3v) is 4.20. The zero-order valence-electron chi connectivity index (χ0n) is 18.4. The van der Waals surface area contributed by atoms with Crippen LogP contribution >= 0.6 is 11.5 Å². The van der Waals surface area contributed by atoms with E-state index in [9.17, 15) is 4.79 Å². The lowest BCUT2D eigenvalue weighted by molar-refractivity contribution is -0.138. The number of hydrogen-bond acceptors (Lipinski definition) is 8. The van der Waals surface area contributed by atoms with Crippen LogP contribution in [-0.4, -0.2) is 40.0 Å². The van der Waals surface area contributed by atoms with Gasteiger partial charge in [-0.3, -0.25) is 9.79 Å². The molecule has 1 fully saturated rings. The van der Waals surface area contributed by atoms with Gasteiger partial charge < -0.3 is 15.4 Å². The van der Waals surface area contributed by atoms with Crippen LogP contribution in [0.15, 0.2) is 29.0 Å². The zero-order valence-corrected chi connectivity index (χ0v) is 19.2. The molecule has 8 heteroatoms. The van der Waals surface area contributed by atoms with Crippen molar-refractivity contribution in [2.75, 3.05) is 6.54 Å². The fraction of sp³-hybridized carbons (Fsp3) is 0.619. The van der Waals surface area contributed by atoms with E-state index in [4.69, 9.17) is 6.42 Å². The Morgan fingerprint density at radius 1 is 1.52 bits per heavy atom. The van der Waals surface area contributed by atoms with Gasteiger partial charge in [0, 0.05) is 48.0 Å². The van der Waals surface area contributed by atoms with Crippen molar-refractivity contribution in [3.05, 3.63) is 24.0 Å². The van der Waals surface area contributed by atoms with Crippen LogP contribution in [0.5, 0.6) is 0 Å². The maximum absolute atomic E-state index is 9.60. The van der Waals surface area contributed by atoms with Crippen molar-refractivity contribution in [3.63, 3.8) is 0 Å². The van der Waals surface area contributed by atoms with Gasteiger partial charge in [-0.1, -0.05) is 24.8 Å². The smallest absolute Gasteiger partial charge is 0.293 e. The van der Waals surface area contributed by atoms with Gasteiger partial charge in [-0.2, -0.15) is 0 Å². The minimum Gasteiger partial charge on any atom is -0.462 e. The summed E-state index contributed by atoms with van der Waals surface area (Å²) in [6, 6.07) is 2.97. The summed E-state index contributed by atoms with van der Waals surface area (Å²) in [4.78, 5) is 14.0. The summed E-state index contributed by atoms with van der Waals surface area (Å²) in [5, 5.41) is 11.5. The van der Waals surface area contributed by atoms with E-state index >= 15 is 0 Å². The van der Waals surface area contributed by atoms with Crippen molar-refractivity contribution in [1.29, 1.82) is 0 Å². The molecular weight excluding hydrogens is 386 g/mol. The van der Waals surface area contributed by atoms with Gasteiger partial charge in [0.1, 0.15) is 5.60 Å². The molecule has 0 aliphatic carbocycles. The number of aliphatic imine (C=N–C) groups is 1. The van der Waals surface area contributed by atoms with E-state index in [1.807, 2.05) is 26.2 Å². The average Bonchev–Trinajstić information content (AvgIpc) is 3.32. The predicted molar refractivity (Wildman–Crippen MR) is 120 cm³/mol. The first-order valence-electron chi connectivity index (χ1n) is 9.65. The van der Waals surface area contributed by atoms with Crippen LogP contribution in [-0.2, 0) is 9.53 Å². The standard InChI is InChI=1S/C14H23N3.C5H10O2.C2H2N2S/c1-5-15-6-7-16-12(4)13-9-14(17-10-13)8-11(2)3;1-5(2,3)7-4-6;1-2-5-4-3-1/h1,6-7,11,13-15,17H,8-10H2,2-4H3;4H,1-3H3;1-2H/b7-6-,16-12?;;/t13-,14?;;/m0../s1. The van der Waals surface area contributed by atoms with Gasteiger partial charge in [-0.15, -0.1) is 5.10 Å². The number of nitrogens with one attached hydrogen (secondary N) is 2. The largest absolute Gasteiger partial charge is 0.462 e. The molecule has 0 bridgehead atoms. The van der Waals surface area contributed by atoms with Crippen LogP contribution in [0.1, 0.15) is 54.4 Å². The van der Waals surface area contributed by atoms with E-state index in [1.165, 1.54) is 30.1 Å². The van der Waals surface area contributed by atoms with E-state index in [-0.39, 0.29) is 5.60 Å². The molecule has 7 nitrogen and oxygen atoms in total. The van der Waals surface area contributed by atoms with E-state index in [0.717, 1.165) is 12.5 Å². The minimum atomic E-state index is -0.318. The molecule has 0 saturated carbocycles. The predicted octanol–water partition coefficient (Wildman–Crippen LogP) is 3.62. The first kappa shape index (κ1) is 26.8. The monoisotopic (exact) mass is 421 g/mol. The highest BCUT2D eigenvalue weighted by Gasteiger charge is 2.25. The Morgan fingerprint density at radius 2 is 2.24 bits per heavy atom. The molecule has 1 unspecified atom stereocenters. The fourth-order valence-corrected chi connectivity index (χ4v) is 2.78. The van der Waals surface area contributed by atoms with Crippen LogP contribution in [0, 0.1) is 24.3 Å². The second-order valence-electron chi connectivity index (χ2n) is 7.96. The SMILES string of the molecule is C#CN/C=C\N=C(C)[C@@H]1CNC(CC(C)C)C1.CC(C)(C)OC=O.c1csnn1. The Hall–Kier alpha value is -2.24. The number of rotatable bonds is 6. The normalized spacial score (nSPS) is 18.9. The average molecular weight is 422 g/mol. The molecule has 1 aliphatic rings. The molecule has 1 aromatic heterocycles. The number of hydrogen-bond donors (Lipinski definition) is 2. The summed E-state index contributed by atoms with van der Waals surface area (Å²) in [7, 11) is 0. The molecule has 29 heavy (non-hydrogen) atoms. The molecule has 0 radical (unpaired) electrons. The van der Waals surface area contributed by atoms with E-state index < -0.39 is 0 Å². The van der Waals surface area contributed by atoms with Gasteiger partial charge in [0.2, 0.25) is 0 Å². The first-order valence-corrected chi connectivity index (χ1v) is 10.5.